The highest BCUT2D eigenvalue weighted by Crippen LogP contribution is 2.22. The fraction of sp³-hybridized carbons (Fsp3) is 0.200. The lowest BCUT2D eigenvalue weighted by Gasteiger charge is -2.14. The predicted molar refractivity (Wildman–Crippen MR) is 75.7 cm³/mol. The van der Waals surface area contributed by atoms with Gasteiger partial charge in [-0.3, -0.25) is 9.67 Å². The van der Waals surface area contributed by atoms with Crippen LogP contribution in [0.5, 0.6) is 0 Å². The number of rotatable bonds is 3. The first-order valence-corrected chi connectivity index (χ1v) is 6.41. The van der Waals surface area contributed by atoms with Crippen LogP contribution in [0.15, 0.2) is 48.8 Å². The molecule has 2 N–H and O–H groups in total. The van der Waals surface area contributed by atoms with E-state index >= 15 is 0 Å². The molecule has 0 aliphatic heterocycles. The molecule has 2 aromatic heterocycles. The molecule has 4 nitrogen and oxygen atoms in total. The number of fused-ring (bicyclic) bond motifs is 1. The van der Waals surface area contributed by atoms with Crippen molar-refractivity contribution in [2.75, 3.05) is 0 Å². The van der Waals surface area contributed by atoms with E-state index in [1.807, 2.05) is 28.9 Å². The van der Waals surface area contributed by atoms with E-state index in [0.29, 0.717) is 0 Å². The molecule has 0 aliphatic carbocycles. The van der Waals surface area contributed by atoms with E-state index < -0.39 is 0 Å². The Kier molecular flexibility index (Phi) is 3.01. The third-order valence-corrected chi connectivity index (χ3v) is 3.35. The lowest BCUT2D eigenvalue weighted by Crippen LogP contribution is -2.17. The zero-order valence-corrected chi connectivity index (χ0v) is 10.8. The van der Waals surface area contributed by atoms with Crippen molar-refractivity contribution in [3.05, 3.63) is 60.0 Å². The molecular formula is C15H16N4. The van der Waals surface area contributed by atoms with Gasteiger partial charge in [0.15, 0.2) is 0 Å². The summed E-state index contributed by atoms with van der Waals surface area (Å²) in [5.74, 6) is 0. The lowest BCUT2D eigenvalue weighted by atomic mass is 10.0. The minimum absolute atomic E-state index is 0.160. The first kappa shape index (κ1) is 11.9. The molecular weight excluding hydrogens is 236 g/mol. The van der Waals surface area contributed by atoms with Gasteiger partial charge in [0.2, 0.25) is 0 Å². The summed E-state index contributed by atoms with van der Waals surface area (Å²) >= 11 is 0. The Morgan fingerprint density at radius 2 is 2.11 bits per heavy atom. The van der Waals surface area contributed by atoms with Gasteiger partial charge in [0.25, 0.3) is 0 Å². The molecule has 0 radical (unpaired) electrons. The zero-order valence-electron chi connectivity index (χ0n) is 10.8. The third-order valence-electron chi connectivity index (χ3n) is 3.35. The van der Waals surface area contributed by atoms with Crippen LogP contribution in [0.4, 0.5) is 0 Å². The van der Waals surface area contributed by atoms with Gasteiger partial charge in [-0.15, -0.1) is 0 Å². The highest BCUT2D eigenvalue weighted by Gasteiger charge is 2.13. The van der Waals surface area contributed by atoms with Gasteiger partial charge < -0.3 is 5.73 Å². The fourth-order valence-electron chi connectivity index (χ4n) is 2.33. The summed E-state index contributed by atoms with van der Waals surface area (Å²) in [5.41, 5.74) is 9.45. The smallest absolute Gasteiger partial charge is 0.0723 e. The molecule has 3 rings (SSSR count). The summed E-state index contributed by atoms with van der Waals surface area (Å²) < 4.78 is 1.93. The van der Waals surface area contributed by atoms with Gasteiger partial charge in [-0.1, -0.05) is 12.1 Å². The fourth-order valence-corrected chi connectivity index (χ4v) is 2.33. The van der Waals surface area contributed by atoms with E-state index in [1.165, 1.54) is 0 Å². The third kappa shape index (κ3) is 2.11. The standard InChI is InChI=1S/C15H16N4/c1-2-19-14(7-9-18-19)15(16)12-5-6-13-11(10-12)4-3-8-17-13/h3-10,15H,2,16H2,1H3. The summed E-state index contributed by atoms with van der Waals surface area (Å²) in [7, 11) is 0. The first-order valence-electron chi connectivity index (χ1n) is 6.41. The molecule has 1 atom stereocenters. The number of hydrogen-bond acceptors (Lipinski definition) is 3. The summed E-state index contributed by atoms with van der Waals surface area (Å²) in [6.07, 6.45) is 3.59. The Morgan fingerprint density at radius 1 is 1.21 bits per heavy atom. The molecule has 0 aliphatic rings. The van der Waals surface area contributed by atoms with Gasteiger partial charge >= 0.3 is 0 Å². The predicted octanol–water partition coefficient (Wildman–Crippen LogP) is 2.50. The molecule has 3 aromatic rings. The van der Waals surface area contributed by atoms with Crippen LogP contribution in [0.2, 0.25) is 0 Å². The summed E-state index contributed by atoms with van der Waals surface area (Å²) in [6, 6.07) is 11.9. The Morgan fingerprint density at radius 3 is 2.95 bits per heavy atom. The second-order valence-electron chi connectivity index (χ2n) is 4.51. The van der Waals surface area contributed by atoms with Crippen LogP contribution < -0.4 is 5.73 Å². The molecule has 1 aromatic carbocycles. The quantitative estimate of drug-likeness (QED) is 0.779. The molecule has 4 heteroatoms. The molecule has 0 amide bonds. The Hall–Kier alpha value is -2.20. The number of aryl methyl sites for hydroxylation is 1. The Bertz CT molecular complexity index is 702. The van der Waals surface area contributed by atoms with Crippen LogP contribution in [-0.2, 0) is 6.54 Å². The largest absolute Gasteiger partial charge is 0.319 e. The average molecular weight is 252 g/mol. The van der Waals surface area contributed by atoms with Gasteiger partial charge in [-0.25, -0.2) is 0 Å². The lowest BCUT2D eigenvalue weighted by molar-refractivity contribution is 0.601. The number of nitrogens with zero attached hydrogens (tertiary/aromatic N) is 3. The van der Waals surface area contributed by atoms with Crippen molar-refractivity contribution < 1.29 is 0 Å². The topological polar surface area (TPSA) is 56.7 Å². The van der Waals surface area contributed by atoms with Crippen LogP contribution in [0.3, 0.4) is 0 Å². The van der Waals surface area contributed by atoms with E-state index in [4.69, 9.17) is 5.73 Å². The van der Waals surface area contributed by atoms with Crippen molar-refractivity contribution in [1.29, 1.82) is 0 Å². The van der Waals surface area contributed by atoms with E-state index in [2.05, 4.69) is 29.1 Å². The van der Waals surface area contributed by atoms with Crippen molar-refractivity contribution in [1.82, 2.24) is 14.8 Å². The number of pyridine rings is 1. The summed E-state index contributed by atoms with van der Waals surface area (Å²) in [4.78, 5) is 4.32. The van der Waals surface area contributed by atoms with Crippen LogP contribution in [0.1, 0.15) is 24.2 Å². The maximum Gasteiger partial charge on any atom is 0.0723 e. The Balaban J connectivity index is 2.04. The van der Waals surface area contributed by atoms with Crippen molar-refractivity contribution in [2.45, 2.75) is 19.5 Å². The van der Waals surface area contributed by atoms with E-state index in [0.717, 1.165) is 28.7 Å². The van der Waals surface area contributed by atoms with E-state index in [-0.39, 0.29) is 6.04 Å². The number of nitrogens with two attached hydrogens (primary N) is 1. The number of benzene rings is 1. The molecule has 0 saturated heterocycles. The Labute approximate surface area is 111 Å². The minimum Gasteiger partial charge on any atom is -0.319 e. The van der Waals surface area contributed by atoms with Crippen molar-refractivity contribution >= 4 is 10.9 Å². The van der Waals surface area contributed by atoms with Crippen LogP contribution >= 0.6 is 0 Å². The van der Waals surface area contributed by atoms with Gasteiger partial charge in [-0.05, 0) is 36.8 Å². The molecule has 19 heavy (non-hydrogen) atoms. The van der Waals surface area contributed by atoms with Gasteiger partial charge in [0, 0.05) is 24.3 Å². The second-order valence-corrected chi connectivity index (χ2v) is 4.51. The monoisotopic (exact) mass is 252 g/mol. The second kappa shape index (κ2) is 4.82. The van der Waals surface area contributed by atoms with Gasteiger partial charge in [0.1, 0.15) is 0 Å². The van der Waals surface area contributed by atoms with Crippen LogP contribution in [0, 0.1) is 0 Å². The molecule has 0 spiro atoms. The molecule has 96 valence electrons. The average Bonchev–Trinajstić information content (AvgIpc) is 2.94. The van der Waals surface area contributed by atoms with Gasteiger partial charge in [0.05, 0.1) is 17.3 Å². The summed E-state index contributed by atoms with van der Waals surface area (Å²) in [5, 5.41) is 5.38. The van der Waals surface area contributed by atoms with Crippen molar-refractivity contribution in [3.63, 3.8) is 0 Å². The SMILES string of the molecule is CCn1nccc1C(N)c1ccc2ncccc2c1. The van der Waals surface area contributed by atoms with Crippen molar-refractivity contribution in [3.8, 4) is 0 Å². The maximum atomic E-state index is 6.35. The molecule has 2 heterocycles. The molecule has 0 saturated carbocycles. The first-order chi connectivity index (χ1) is 9.29. The van der Waals surface area contributed by atoms with Crippen LogP contribution in [-0.4, -0.2) is 14.8 Å². The normalized spacial score (nSPS) is 12.7. The molecule has 1 unspecified atom stereocenters. The maximum absolute atomic E-state index is 6.35. The van der Waals surface area contributed by atoms with Gasteiger partial charge in [-0.2, -0.15) is 5.10 Å². The number of aromatic nitrogens is 3. The number of hydrogen-bond donors (Lipinski definition) is 1. The van der Waals surface area contributed by atoms with E-state index in [9.17, 15) is 0 Å². The van der Waals surface area contributed by atoms with Crippen molar-refractivity contribution in [2.24, 2.45) is 5.73 Å². The zero-order chi connectivity index (χ0) is 13.2. The molecule has 0 bridgehead atoms. The minimum atomic E-state index is -0.160. The highest BCUT2D eigenvalue weighted by molar-refractivity contribution is 5.79. The highest BCUT2D eigenvalue weighted by atomic mass is 15.3. The van der Waals surface area contributed by atoms with E-state index in [1.54, 1.807) is 12.4 Å². The molecule has 0 fully saturated rings. The van der Waals surface area contributed by atoms with Crippen LogP contribution in [0.25, 0.3) is 10.9 Å². The summed E-state index contributed by atoms with van der Waals surface area (Å²) in [6.45, 7) is 2.89.